The Hall–Kier alpha value is -1.79. The van der Waals surface area contributed by atoms with Crippen molar-refractivity contribution in [3.05, 3.63) is 0 Å². The van der Waals surface area contributed by atoms with Crippen molar-refractivity contribution in [2.24, 2.45) is 5.92 Å². The smallest absolute Gasteiger partial charge is 0.410 e. The van der Waals surface area contributed by atoms with Crippen molar-refractivity contribution < 1.29 is 19.1 Å². The average Bonchev–Trinajstić information content (AvgIpc) is 2.60. The molecule has 3 amide bonds. The quantitative estimate of drug-likeness (QED) is 0.794. The molecule has 0 aliphatic carbocycles. The van der Waals surface area contributed by atoms with Crippen molar-refractivity contribution >= 4 is 17.9 Å². The number of rotatable bonds is 4. The lowest BCUT2D eigenvalue weighted by Gasteiger charge is -2.38. The van der Waals surface area contributed by atoms with Crippen molar-refractivity contribution in [1.29, 1.82) is 0 Å². The maximum Gasteiger partial charge on any atom is 0.410 e. The normalized spacial score (nSPS) is 21.6. The number of piperidine rings is 2. The van der Waals surface area contributed by atoms with Gasteiger partial charge in [0, 0.05) is 32.1 Å². The topological polar surface area (TPSA) is 79.0 Å². The van der Waals surface area contributed by atoms with E-state index in [9.17, 15) is 14.4 Å². The van der Waals surface area contributed by atoms with Crippen molar-refractivity contribution in [3.63, 3.8) is 0 Å². The molecule has 0 aromatic heterocycles. The molecule has 28 heavy (non-hydrogen) atoms. The summed E-state index contributed by atoms with van der Waals surface area (Å²) in [6.45, 7) is 11.5. The molecule has 1 unspecified atom stereocenters. The lowest BCUT2D eigenvalue weighted by Crippen LogP contribution is -2.56. The van der Waals surface area contributed by atoms with E-state index in [1.807, 2.05) is 39.5 Å². The van der Waals surface area contributed by atoms with Crippen LogP contribution < -0.4 is 5.32 Å². The molecule has 2 heterocycles. The average molecular weight is 396 g/mol. The van der Waals surface area contributed by atoms with Crippen molar-refractivity contribution in [2.45, 2.75) is 90.8 Å². The Morgan fingerprint density at radius 2 is 1.68 bits per heavy atom. The molecule has 1 N–H and O–H groups in total. The van der Waals surface area contributed by atoms with Crippen molar-refractivity contribution in [2.75, 3.05) is 19.6 Å². The van der Waals surface area contributed by atoms with Crippen LogP contribution in [0.1, 0.15) is 73.1 Å². The van der Waals surface area contributed by atoms with Crippen LogP contribution in [-0.4, -0.2) is 65.0 Å². The van der Waals surface area contributed by atoms with Gasteiger partial charge in [0.1, 0.15) is 11.6 Å². The zero-order valence-electron chi connectivity index (χ0n) is 18.1. The van der Waals surface area contributed by atoms with E-state index in [2.05, 4.69) is 5.32 Å². The SMILES string of the molecule is CC(C)CC(=O)N1CCC(NC(=O)C2CCCCN2C(=O)OC(C)(C)C)CC1. The zero-order chi connectivity index (χ0) is 20.9. The summed E-state index contributed by atoms with van der Waals surface area (Å²) in [5, 5.41) is 3.11. The fourth-order valence-corrected chi connectivity index (χ4v) is 3.79. The third-order valence-corrected chi connectivity index (χ3v) is 5.21. The van der Waals surface area contributed by atoms with Crippen LogP contribution in [0.15, 0.2) is 0 Å². The van der Waals surface area contributed by atoms with E-state index in [1.54, 1.807) is 4.90 Å². The van der Waals surface area contributed by atoms with Gasteiger partial charge in [-0.05, 0) is 58.8 Å². The van der Waals surface area contributed by atoms with E-state index in [0.717, 1.165) is 25.7 Å². The van der Waals surface area contributed by atoms with Crippen LogP contribution in [0.5, 0.6) is 0 Å². The van der Waals surface area contributed by atoms with Crippen LogP contribution in [0, 0.1) is 5.92 Å². The molecule has 0 radical (unpaired) electrons. The summed E-state index contributed by atoms with van der Waals surface area (Å²) in [4.78, 5) is 41.0. The second-order valence-corrected chi connectivity index (χ2v) is 9.45. The minimum atomic E-state index is -0.578. The van der Waals surface area contributed by atoms with E-state index in [4.69, 9.17) is 4.74 Å². The van der Waals surface area contributed by atoms with Gasteiger partial charge in [-0.2, -0.15) is 0 Å². The number of likely N-dealkylation sites (tertiary alicyclic amines) is 2. The number of amides is 3. The summed E-state index contributed by atoms with van der Waals surface area (Å²) in [7, 11) is 0. The summed E-state index contributed by atoms with van der Waals surface area (Å²) >= 11 is 0. The fourth-order valence-electron chi connectivity index (χ4n) is 3.79. The summed E-state index contributed by atoms with van der Waals surface area (Å²) in [5.74, 6) is 0.454. The first kappa shape index (κ1) is 22.5. The number of carbonyl (C=O) groups is 3. The van der Waals surface area contributed by atoms with E-state index < -0.39 is 17.7 Å². The highest BCUT2D eigenvalue weighted by Gasteiger charge is 2.36. The monoisotopic (exact) mass is 395 g/mol. The van der Waals surface area contributed by atoms with Gasteiger partial charge in [-0.3, -0.25) is 14.5 Å². The van der Waals surface area contributed by atoms with E-state index in [1.165, 1.54) is 0 Å². The van der Waals surface area contributed by atoms with Gasteiger partial charge in [-0.1, -0.05) is 13.8 Å². The Morgan fingerprint density at radius 1 is 1.04 bits per heavy atom. The van der Waals surface area contributed by atoms with Crippen LogP contribution in [0.3, 0.4) is 0 Å². The molecule has 0 aromatic carbocycles. The van der Waals surface area contributed by atoms with Gasteiger partial charge in [0.15, 0.2) is 0 Å². The highest BCUT2D eigenvalue weighted by atomic mass is 16.6. The van der Waals surface area contributed by atoms with E-state index >= 15 is 0 Å². The van der Waals surface area contributed by atoms with Crippen LogP contribution in [0.2, 0.25) is 0 Å². The molecule has 7 heteroatoms. The zero-order valence-corrected chi connectivity index (χ0v) is 18.1. The summed E-state index contributed by atoms with van der Waals surface area (Å²) in [5.41, 5.74) is -0.578. The van der Waals surface area contributed by atoms with Crippen LogP contribution in [0.4, 0.5) is 4.79 Å². The second kappa shape index (κ2) is 9.61. The van der Waals surface area contributed by atoms with Crippen LogP contribution in [0.25, 0.3) is 0 Å². The second-order valence-electron chi connectivity index (χ2n) is 9.45. The Kier molecular flexibility index (Phi) is 7.72. The first-order chi connectivity index (χ1) is 13.1. The van der Waals surface area contributed by atoms with E-state index in [-0.39, 0.29) is 17.9 Å². The number of hydrogen-bond donors (Lipinski definition) is 1. The lowest BCUT2D eigenvalue weighted by molar-refractivity contribution is -0.133. The lowest BCUT2D eigenvalue weighted by atomic mass is 9.99. The Balaban J connectivity index is 1.87. The molecule has 0 spiro atoms. The highest BCUT2D eigenvalue weighted by Crippen LogP contribution is 2.21. The van der Waals surface area contributed by atoms with Gasteiger partial charge in [-0.25, -0.2) is 4.79 Å². The predicted octanol–water partition coefficient (Wildman–Crippen LogP) is 2.93. The third kappa shape index (κ3) is 6.67. The van der Waals surface area contributed by atoms with Gasteiger partial charge in [-0.15, -0.1) is 0 Å². The van der Waals surface area contributed by atoms with E-state index in [0.29, 0.717) is 38.4 Å². The minimum Gasteiger partial charge on any atom is -0.444 e. The number of ether oxygens (including phenoxy) is 1. The van der Waals surface area contributed by atoms with Gasteiger partial charge >= 0.3 is 6.09 Å². The summed E-state index contributed by atoms with van der Waals surface area (Å²) < 4.78 is 5.48. The van der Waals surface area contributed by atoms with Crippen LogP contribution in [-0.2, 0) is 14.3 Å². The molecule has 2 rings (SSSR count). The molecule has 7 nitrogen and oxygen atoms in total. The standard InChI is InChI=1S/C21H37N3O4/c1-15(2)14-18(25)23-12-9-16(10-13-23)22-19(26)17-8-6-7-11-24(17)20(27)28-21(3,4)5/h15-17H,6-14H2,1-5H3,(H,22,26). The first-order valence-electron chi connectivity index (χ1n) is 10.6. The largest absolute Gasteiger partial charge is 0.444 e. The third-order valence-electron chi connectivity index (χ3n) is 5.21. The Morgan fingerprint density at radius 3 is 2.25 bits per heavy atom. The molecule has 0 aromatic rings. The van der Waals surface area contributed by atoms with Crippen LogP contribution >= 0.6 is 0 Å². The molecule has 2 aliphatic rings. The van der Waals surface area contributed by atoms with Crippen molar-refractivity contribution in [1.82, 2.24) is 15.1 Å². The molecule has 2 fully saturated rings. The minimum absolute atomic E-state index is 0.0537. The summed E-state index contributed by atoms with van der Waals surface area (Å²) in [6.07, 6.45) is 4.16. The number of nitrogens with one attached hydrogen (secondary N) is 1. The highest BCUT2D eigenvalue weighted by molar-refractivity contribution is 5.86. The Labute approximate surface area is 169 Å². The molecular weight excluding hydrogens is 358 g/mol. The molecule has 2 aliphatic heterocycles. The fraction of sp³-hybridized carbons (Fsp3) is 0.857. The Bertz CT molecular complexity index is 562. The van der Waals surface area contributed by atoms with Crippen molar-refractivity contribution in [3.8, 4) is 0 Å². The number of nitrogens with zero attached hydrogens (tertiary/aromatic N) is 2. The number of carbonyl (C=O) groups excluding carboxylic acids is 3. The summed E-state index contributed by atoms with van der Waals surface area (Å²) in [6, 6.07) is -0.415. The molecule has 1 atom stereocenters. The molecule has 0 bridgehead atoms. The number of hydrogen-bond acceptors (Lipinski definition) is 4. The molecular formula is C21H37N3O4. The maximum absolute atomic E-state index is 12.9. The first-order valence-corrected chi connectivity index (χ1v) is 10.6. The predicted molar refractivity (Wildman–Crippen MR) is 108 cm³/mol. The van der Waals surface area contributed by atoms with Gasteiger partial charge in [0.2, 0.25) is 11.8 Å². The van der Waals surface area contributed by atoms with Gasteiger partial charge in [0.05, 0.1) is 0 Å². The van der Waals surface area contributed by atoms with Gasteiger partial charge < -0.3 is 15.0 Å². The van der Waals surface area contributed by atoms with Gasteiger partial charge in [0.25, 0.3) is 0 Å². The maximum atomic E-state index is 12.9. The molecule has 160 valence electrons. The molecule has 0 saturated carbocycles. The molecule has 2 saturated heterocycles.